The van der Waals surface area contributed by atoms with Crippen LogP contribution in [0.2, 0.25) is 0 Å². The van der Waals surface area contributed by atoms with Gasteiger partial charge in [0.1, 0.15) is 16.5 Å². The molecule has 1 aromatic heterocycles. The van der Waals surface area contributed by atoms with Gasteiger partial charge in [-0.2, -0.15) is 0 Å². The van der Waals surface area contributed by atoms with E-state index in [0.717, 1.165) is 19.3 Å². The first-order valence-electron chi connectivity index (χ1n) is 7.90. The second-order valence-electron chi connectivity index (χ2n) is 5.88. The van der Waals surface area contributed by atoms with Crippen LogP contribution in [-0.4, -0.2) is 23.5 Å². The maximum absolute atomic E-state index is 13.8. The molecule has 0 bridgehead atoms. The highest BCUT2D eigenvalue weighted by Gasteiger charge is 2.26. The van der Waals surface area contributed by atoms with Crippen molar-refractivity contribution in [1.29, 1.82) is 0 Å². The summed E-state index contributed by atoms with van der Waals surface area (Å²) in [5.74, 6) is -0.198. The van der Waals surface area contributed by atoms with E-state index >= 15 is 0 Å². The Bertz CT molecular complexity index is 698. The highest BCUT2D eigenvalue weighted by atomic mass is 35.5. The predicted molar refractivity (Wildman–Crippen MR) is 104 cm³/mol. The van der Waals surface area contributed by atoms with E-state index in [1.165, 1.54) is 23.8 Å². The Morgan fingerprint density at radius 1 is 1.28 bits per heavy atom. The molecule has 1 fully saturated rings. The fraction of sp³-hybridized carbons (Fsp3) is 0.412. The SMILES string of the molecule is Cl.Cl.NCC1CCCCC1NC(=O)c1csc(-c2ccccc2F)n1. The molecule has 4 nitrogen and oxygen atoms in total. The van der Waals surface area contributed by atoms with Crippen molar-refractivity contribution < 1.29 is 9.18 Å². The number of rotatable bonds is 4. The summed E-state index contributed by atoms with van der Waals surface area (Å²) in [5, 5.41) is 5.25. The summed E-state index contributed by atoms with van der Waals surface area (Å²) in [6, 6.07) is 6.56. The number of nitrogens with zero attached hydrogens (tertiary/aromatic N) is 1. The average Bonchev–Trinajstić information content (AvgIpc) is 3.05. The second-order valence-corrected chi connectivity index (χ2v) is 6.74. The van der Waals surface area contributed by atoms with Crippen molar-refractivity contribution >= 4 is 42.1 Å². The summed E-state index contributed by atoms with van der Waals surface area (Å²) in [4.78, 5) is 16.7. The quantitative estimate of drug-likeness (QED) is 0.805. The third-order valence-electron chi connectivity index (χ3n) is 4.37. The molecule has 3 N–H and O–H groups in total. The normalized spacial score (nSPS) is 19.4. The van der Waals surface area contributed by atoms with Crippen LogP contribution in [0.3, 0.4) is 0 Å². The molecule has 8 heteroatoms. The first-order chi connectivity index (χ1) is 11.2. The second kappa shape index (κ2) is 10.1. The van der Waals surface area contributed by atoms with Crippen molar-refractivity contribution in [2.45, 2.75) is 31.7 Å². The van der Waals surface area contributed by atoms with E-state index in [2.05, 4.69) is 10.3 Å². The monoisotopic (exact) mass is 405 g/mol. The summed E-state index contributed by atoms with van der Waals surface area (Å²) in [5.41, 5.74) is 6.57. The minimum absolute atomic E-state index is 0. The van der Waals surface area contributed by atoms with Gasteiger partial charge in [-0.3, -0.25) is 4.79 Å². The number of carbonyl (C=O) groups excluding carboxylic acids is 1. The number of halogens is 3. The van der Waals surface area contributed by atoms with Crippen LogP contribution in [0.25, 0.3) is 10.6 Å². The first-order valence-corrected chi connectivity index (χ1v) is 8.78. The largest absolute Gasteiger partial charge is 0.348 e. The van der Waals surface area contributed by atoms with E-state index in [-0.39, 0.29) is 42.6 Å². The van der Waals surface area contributed by atoms with E-state index in [4.69, 9.17) is 5.73 Å². The molecule has 0 spiro atoms. The van der Waals surface area contributed by atoms with Gasteiger partial charge in [-0.15, -0.1) is 36.2 Å². The van der Waals surface area contributed by atoms with Crippen LogP contribution in [0.15, 0.2) is 29.6 Å². The van der Waals surface area contributed by atoms with E-state index < -0.39 is 0 Å². The van der Waals surface area contributed by atoms with Gasteiger partial charge in [0.05, 0.1) is 0 Å². The molecular formula is C17H22Cl2FN3OS. The standard InChI is InChI=1S/C17H20FN3OS.2ClH/c18-13-7-3-2-6-12(13)17-21-15(10-23-17)16(22)20-14-8-4-1-5-11(14)9-19;;/h2-3,6-7,10-11,14H,1,4-5,8-9,19H2,(H,20,22);2*1H. The third kappa shape index (κ3) is 5.14. The van der Waals surface area contributed by atoms with Crippen LogP contribution >= 0.6 is 36.2 Å². The number of nitrogens with two attached hydrogens (primary N) is 1. The van der Waals surface area contributed by atoms with Gasteiger partial charge >= 0.3 is 0 Å². The van der Waals surface area contributed by atoms with Gasteiger partial charge in [-0.1, -0.05) is 25.0 Å². The molecule has 3 rings (SSSR count). The number of benzene rings is 1. The van der Waals surface area contributed by atoms with E-state index in [0.29, 0.717) is 28.7 Å². The Hall–Kier alpha value is -1.21. The zero-order valence-corrected chi connectivity index (χ0v) is 16.1. The van der Waals surface area contributed by atoms with Crippen molar-refractivity contribution in [1.82, 2.24) is 10.3 Å². The lowest BCUT2D eigenvalue weighted by Crippen LogP contribution is -2.44. The Labute approximate surface area is 163 Å². The van der Waals surface area contributed by atoms with Crippen molar-refractivity contribution in [2.24, 2.45) is 11.7 Å². The zero-order chi connectivity index (χ0) is 16.2. The van der Waals surface area contributed by atoms with E-state index in [1.54, 1.807) is 23.6 Å². The van der Waals surface area contributed by atoms with Crippen LogP contribution in [0.4, 0.5) is 4.39 Å². The molecule has 138 valence electrons. The molecule has 1 aliphatic rings. The number of carbonyl (C=O) groups is 1. The van der Waals surface area contributed by atoms with Crippen LogP contribution in [-0.2, 0) is 0 Å². The third-order valence-corrected chi connectivity index (χ3v) is 5.24. The minimum Gasteiger partial charge on any atom is -0.348 e. The predicted octanol–water partition coefficient (Wildman–Crippen LogP) is 4.04. The molecule has 2 unspecified atom stereocenters. The van der Waals surface area contributed by atoms with E-state index in [1.807, 2.05) is 0 Å². The number of hydrogen-bond donors (Lipinski definition) is 2. The molecule has 1 heterocycles. The molecule has 2 atom stereocenters. The van der Waals surface area contributed by atoms with Gasteiger partial charge in [-0.25, -0.2) is 9.37 Å². The first kappa shape index (κ1) is 21.8. The molecule has 0 aliphatic heterocycles. The van der Waals surface area contributed by atoms with Crippen molar-refractivity contribution in [3.8, 4) is 10.6 Å². The van der Waals surface area contributed by atoms with Crippen LogP contribution < -0.4 is 11.1 Å². The van der Waals surface area contributed by atoms with E-state index in [9.17, 15) is 9.18 Å². The molecular weight excluding hydrogens is 384 g/mol. The fourth-order valence-electron chi connectivity index (χ4n) is 3.06. The number of aromatic nitrogens is 1. The van der Waals surface area contributed by atoms with Crippen molar-refractivity contribution in [3.63, 3.8) is 0 Å². The Kier molecular flexibility index (Phi) is 8.79. The lowest BCUT2D eigenvalue weighted by Gasteiger charge is -2.31. The summed E-state index contributed by atoms with van der Waals surface area (Å²) in [7, 11) is 0. The average molecular weight is 406 g/mol. The molecule has 2 aromatic rings. The number of amides is 1. The molecule has 1 aliphatic carbocycles. The molecule has 1 aromatic carbocycles. The Morgan fingerprint density at radius 3 is 2.72 bits per heavy atom. The lowest BCUT2D eigenvalue weighted by atomic mass is 9.84. The maximum atomic E-state index is 13.8. The maximum Gasteiger partial charge on any atom is 0.271 e. The van der Waals surface area contributed by atoms with Gasteiger partial charge in [0.15, 0.2) is 0 Å². The van der Waals surface area contributed by atoms with Crippen molar-refractivity contribution in [3.05, 3.63) is 41.2 Å². The molecule has 1 amide bonds. The van der Waals surface area contributed by atoms with Crippen molar-refractivity contribution in [2.75, 3.05) is 6.54 Å². The summed E-state index contributed by atoms with van der Waals surface area (Å²) < 4.78 is 13.8. The summed E-state index contributed by atoms with van der Waals surface area (Å²) in [6.45, 7) is 0.586. The van der Waals surface area contributed by atoms with Gasteiger partial charge in [0.25, 0.3) is 5.91 Å². The zero-order valence-electron chi connectivity index (χ0n) is 13.6. The smallest absolute Gasteiger partial charge is 0.271 e. The summed E-state index contributed by atoms with van der Waals surface area (Å²) in [6.07, 6.45) is 4.29. The highest BCUT2D eigenvalue weighted by molar-refractivity contribution is 7.13. The number of hydrogen-bond acceptors (Lipinski definition) is 4. The van der Waals surface area contributed by atoms with Gasteiger partial charge < -0.3 is 11.1 Å². The number of nitrogens with one attached hydrogen (secondary N) is 1. The van der Waals surface area contributed by atoms with Crippen LogP contribution in [0.1, 0.15) is 36.2 Å². The molecule has 1 saturated carbocycles. The molecule has 25 heavy (non-hydrogen) atoms. The van der Waals surface area contributed by atoms with Crippen LogP contribution in [0, 0.1) is 11.7 Å². The summed E-state index contributed by atoms with van der Waals surface area (Å²) >= 11 is 1.28. The molecule has 0 saturated heterocycles. The fourth-order valence-corrected chi connectivity index (χ4v) is 3.89. The highest BCUT2D eigenvalue weighted by Crippen LogP contribution is 2.27. The number of thiazole rings is 1. The van der Waals surface area contributed by atoms with Gasteiger partial charge in [0.2, 0.25) is 0 Å². The Morgan fingerprint density at radius 2 is 2.00 bits per heavy atom. The van der Waals surface area contributed by atoms with Gasteiger partial charge in [0, 0.05) is 17.0 Å². The minimum atomic E-state index is -0.329. The van der Waals surface area contributed by atoms with Gasteiger partial charge in [-0.05, 0) is 37.4 Å². The Balaban J connectivity index is 0.00000156. The van der Waals surface area contributed by atoms with Crippen LogP contribution in [0.5, 0.6) is 0 Å². The topological polar surface area (TPSA) is 68.0 Å². The molecule has 0 radical (unpaired) electrons. The lowest BCUT2D eigenvalue weighted by molar-refractivity contribution is 0.0903.